The highest BCUT2D eigenvalue weighted by Gasteiger charge is 2.18. The van der Waals surface area contributed by atoms with Crippen molar-refractivity contribution in [3.63, 3.8) is 0 Å². The van der Waals surface area contributed by atoms with Crippen LogP contribution in [0.4, 0.5) is 11.6 Å². The van der Waals surface area contributed by atoms with Gasteiger partial charge in [-0.05, 0) is 38.4 Å². The van der Waals surface area contributed by atoms with E-state index in [2.05, 4.69) is 43.2 Å². The Morgan fingerprint density at radius 1 is 1.44 bits per heavy atom. The Morgan fingerprint density at radius 2 is 2.36 bits per heavy atom. The van der Waals surface area contributed by atoms with E-state index in [1.807, 2.05) is 6.07 Å². The zero-order valence-corrected chi connectivity index (χ0v) is 14.6. The highest BCUT2D eigenvalue weighted by atomic mass is 16.5. The van der Waals surface area contributed by atoms with Crippen LogP contribution in [0.15, 0.2) is 24.5 Å². The monoisotopic (exact) mass is 341 g/mol. The molecule has 1 aliphatic heterocycles. The average Bonchev–Trinajstić information content (AvgIpc) is 3.22. The van der Waals surface area contributed by atoms with Crippen LogP contribution in [0.5, 0.6) is 5.88 Å². The molecule has 8 nitrogen and oxygen atoms in total. The normalized spacial score (nSPS) is 18.6. The number of hydrogen-bond acceptors (Lipinski definition) is 6. The molecule has 1 fully saturated rings. The second kappa shape index (κ2) is 6.72. The Labute approximate surface area is 146 Å². The SMILES string of the molecule is COc1cc(Nc2cnc3ccn(C[C@H]4CCCN(C)C4)c3n2)[nH]n1. The molecule has 3 aromatic rings. The molecule has 25 heavy (non-hydrogen) atoms. The number of nitrogens with one attached hydrogen (secondary N) is 2. The van der Waals surface area contributed by atoms with Crippen LogP contribution in [-0.4, -0.2) is 56.9 Å². The summed E-state index contributed by atoms with van der Waals surface area (Å²) in [5.41, 5.74) is 1.82. The number of ether oxygens (including phenoxy) is 1. The van der Waals surface area contributed by atoms with Crippen LogP contribution in [0.2, 0.25) is 0 Å². The number of aromatic nitrogens is 5. The number of H-pyrrole nitrogens is 1. The van der Waals surface area contributed by atoms with Crippen LogP contribution in [-0.2, 0) is 6.54 Å². The molecule has 1 saturated heterocycles. The quantitative estimate of drug-likeness (QED) is 0.740. The second-order valence-electron chi connectivity index (χ2n) is 6.65. The zero-order valence-electron chi connectivity index (χ0n) is 14.6. The van der Waals surface area contributed by atoms with Crippen LogP contribution < -0.4 is 10.1 Å². The number of methoxy groups -OCH3 is 1. The van der Waals surface area contributed by atoms with Gasteiger partial charge in [-0.3, -0.25) is 5.10 Å². The molecule has 1 aliphatic rings. The molecule has 0 aromatic carbocycles. The van der Waals surface area contributed by atoms with Crippen molar-refractivity contribution >= 4 is 22.8 Å². The van der Waals surface area contributed by atoms with Crippen LogP contribution in [0.25, 0.3) is 11.2 Å². The number of rotatable bonds is 5. The fourth-order valence-corrected chi connectivity index (χ4v) is 3.47. The van der Waals surface area contributed by atoms with E-state index >= 15 is 0 Å². The number of piperidine rings is 1. The maximum Gasteiger partial charge on any atom is 0.234 e. The van der Waals surface area contributed by atoms with Crippen molar-refractivity contribution in [2.75, 3.05) is 32.6 Å². The largest absolute Gasteiger partial charge is 0.480 e. The van der Waals surface area contributed by atoms with Crippen molar-refractivity contribution < 1.29 is 4.74 Å². The molecule has 4 heterocycles. The van der Waals surface area contributed by atoms with Gasteiger partial charge in [-0.2, -0.15) is 0 Å². The lowest BCUT2D eigenvalue weighted by molar-refractivity contribution is 0.195. The first-order valence-electron chi connectivity index (χ1n) is 8.58. The number of hydrogen-bond donors (Lipinski definition) is 2. The number of likely N-dealkylation sites (tertiary alicyclic amines) is 1. The molecule has 0 saturated carbocycles. The van der Waals surface area contributed by atoms with Gasteiger partial charge in [0.05, 0.1) is 13.3 Å². The third kappa shape index (κ3) is 3.43. The van der Waals surface area contributed by atoms with Gasteiger partial charge < -0.3 is 19.5 Å². The second-order valence-corrected chi connectivity index (χ2v) is 6.65. The summed E-state index contributed by atoms with van der Waals surface area (Å²) in [4.78, 5) is 11.7. The predicted octanol–water partition coefficient (Wildman–Crippen LogP) is 2.25. The summed E-state index contributed by atoms with van der Waals surface area (Å²) in [7, 11) is 3.78. The standard InChI is InChI=1S/C17H23N7O/c1-23-6-3-4-12(10-23)11-24-7-5-13-17(24)20-15(9-18-13)19-14-8-16(25-2)22-21-14/h5,7-9,12H,3-4,6,10-11H2,1-2H3,(H2,19,20,21,22)/t12-/m0/s1. The summed E-state index contributed by atoms with van der Waals surface area (Å²) in [5.74, 6) is 2.59. The molecule has 8 heteroatoms. The van der Waals surface area contributed by atoms with Gasteiger partial charge in [0.1, 0.15) is 11.3 Å². The molecule has 4 rings (SSSR count). The van der Waals surface area contributed by atoms with Crippen LogP contribution in [0.1, 0.15) is 12.8 Å². The molecule has 0 aliphatic carbocycles. The van der Waals surface area contributed by atoms with Crippen molar-refractivity contribution in [1.29, 1.82) is 0 Å². The third-order valence-corrected chi connectivity index (χ3v) is 4.67. The van der Waals surface area contributed by atoms with Gasteiger partial charge in [-0.25, -0.2) is 9.97 Å². The number of fused-ring (bicyclic) bond motifs is 1. The minimum absolute atomic E-state index is 0.529. The minimum atomic E-state index is 0.529. The minimum Gasteiger partial charge on any atom is -0.480 e. The Hall–Kier alpha value is -2.61. The maximum atomic E-state index is 5.08. The van der Waals surface area contributed by atoms with Gasteiger partial charge in [0.25, 0.3) is 0 Å². The molecule has 0 unspecified atom stereocenters. The van der Waals surface area contributed by atoms with Gasteiger partial charge in [0.2, 0.25) is 5.88 Å². The Balaban J connectivity index is 1.54. The highest BCUT2D eigenvalue weighted by Crippen LogP contribution is 2.22. The average molecular weight is 341 g/mol. The Bertz CT molecular complexity index is 856. The summed E-state index contributed by atoms with van der Waals surface area (Å²) in [6.45, 7) is 3.31. The molecule has 132 valence electrons. The van der Waals surface area contributed by atoms with E-state index in [4.69, 9.17) is 9.72 Å². The molecule has 0 radical (unpaired) electrons. The van der Waals surface area contributed by atoms with E-state index in [-0.39, 0.29) is 0 Å². The van der Waals surface area contributed by atoms with Gasteiger partial charge in [-0.15, -0.1) is 5.10 Å². The van der Waals surface area contributed by atoms with E-state index < -0.39 is 0 Å². The topological polar surface area (TPSA) is 83.9 Å². The lowest BCUT2D eigenvalue weighted by Crippen LogP contribution is -2.34. The fraction of sp³-hybridized carbons (Fsp3) is 0.471. The van der Waals surface area contributed by atoms with Crippen molar-refractivity contribution in [2.45, 2.75) is 19.4 Å². The zero-order chi connectivity index (χ0) is 17.2. The van der Waals surface area contributed by atoms with Crippen LogP contribution in [0, 0.1) is 5.92 Å². The van der Waals surface area contributed by atoms with Gasteiger partial charge in [0, 0.05) is 25.4 Å². The number of aromatic amines is 1. The molecule has 3 aromatic heterocycles. The number of nitrogens with zero attached hydrogens (tertiary/aromatic N) is 5. The Kier molecular flexibility index (Phi) is 4.27. The van der Waals surface area contributed by atoms with Crippen molar-refractivity contribution in [3.8, 4) is 5.88 Å². The molecular formula is C17H23N7O. The van der Waals surface area contributed by atoms with E-state index in [0.717, 1.165) is 30.1 Å². The lowest BCUT2D eigenvalue weighted by Gasteiger charge is -2.29. The highest BCUT2D eigenvalue weighted by molar-refractivity contribution is 5.73. The summed E-state index contributed by atoms with van der Waals surface area (Å²) < 4.78 is 7.29. The van der Waals surface area contributed by atoms with E-state index in [0.29, 0.717) is 17.6 Å². The molecule has 0 amide bonds. The maximum absolute atomic E-state index is 5.08. The van der Waals surface area contributed by atoms with Gasteiger partial charge in [0.15, 0.2) is 11.5 Å². The number of anilines is 2. The van der Waals surface area contributed by atoms with Crippen LogP contribution >= 0.6 is 0 Å². The summed E-state index contributed by atoms with van der Waals surface area (Å²) in [5, 5.41) is 10.1. The first-order chi connectivity index (χ1) is 12.2. The van der Waals surface area contributed by atoms with Crippen molar-refractivity contribution in [1.82, 2.24) is 29.6 Å². The summed E-state index contributed by atoms with van der Waals surface area (Å²) >= 11 is 0. The summed E-state index contributed by atoms with van der Waals surface area (Å²) in [6, 6.07) is 3.81. The van der Waals surface area contributed by atoms with Crippen molar-refractivity contribution in [3.05, 3.63) is 24.5 Å². The third-order valence-electron chi connectivity index (χ3n) is 4.67. The van der Waals surface area contributed by atoms with E-state index in [1.54, 1.807) is 19.4 Å². The molecule has 2 N–H and O–H groups in total. The lowest BCUT2D eigenvalue weighted by atomic mass is 9.98. The van der Waals surface area contributed by atoms with Gasteiger partial charge in [-0.1, -0.05) is 0 Å². The van der Waals surface area contributed by atoms with Crippen LogP contribution in [0.3, 0.4) is 0 Å². The summed E-state index contributed by atoms with van der Waals surface area (Å²) in [6.07, 6.45) is 6.35. The fourth-order valence-electron chi connectivity index (χ4n) is 3.47. The van der Waals surface area contributed by atoms with Gasteiger partial charge >= 0.3 is 0 Å². The smallest absolute Gasteiger partial charge is 0.234 e. The molecule has 1 atom stereocenters. The predicted molar refractivity (Wildman–Crippen MR) is 96.2 cm³/mol. The van der Waals surface area contributed by atoms with E-state index in [1.165, 1.54) is 19.4 Å². The molecule has 0 bridgehead atoms. The molecule has 0 spiro atoms. The Morgan fingerprint density at radius 3 is 3.16 bits per heavy atom. The van der Waals surface area contributed by atoms with E-state index in [9.17, 15) is 0 Å². The van der Waals surface area contributed by atoms with Crippen molar-refractivity contribution in [2.24, 2.45) is 5.92 Å². The first kappa shape index (κ1) is 15.9. The molecular weight excluding hydrogens is 318 g/mol. The first-order valence-corrected chi connectivity index (χ1v) is 8.58.